The van der Waals surface area contributed by atoms with Gasteiger partial charge in [-0.1, -0.05) is 12.1 Å². The van der Waals surface area contributed by atoms with Crippen LogP contribution in [-0.4, -0.2) is 17.6 Å². The summed E-state index contributed by atoms with van der Waals surface area (Å²) < 4.78 is 11.4. The van der Waals surface area contributed by atoms with E-state index in [9.17, 15) is 0 Å². The van der Waals surface area contributed by atoms with E-state index in [1.54, 1.807) is 18.4 Å². The second-order valence-corrected chi connectivity index (χ2v) is 6.78. The maximum atomic E-state index is 5.97. The molecule has 1 heterocycles. The molecular formula is C16H22N2O2S. The van der Waals surface area contributed by atoms with E-state index >= 15 is 0 Å². The maximum absolute atomic E-state index is 5.97. The highest BCUT2D eigenvalue weighted by atomic mass is 32.1. The first-order valence-corrected chi connectivity index (χ1v) is 7.78. The monoisotopic (exact) mass is 306 g/mol. The molecule has 0 radical (unpaired) electrons. The second-order valence-electron chi connectivity index (χ2n) is 5.81. The van der Waals surface area contributed by atoms with E-state index in [-0.39, 0.29) is 5.54 Å². The number of thiazole rings is 1. The molecule has 1 aromatic heterocycles. The number of hydrogen-bond donors (Lipinski definition) is 1. The first kappa shape index (κ1) is 15.8. The molecule has 0 saturated heterocycles. The lowest BCUT2D eigenvalue weighted by Crippen LogP contribution is -2.35. The van der Waals surface area contributed by atoms with Gasteiger partial charge in [0.2, 0.25) is 0 Å². The largest absolute Gasteiger partial charge is 0.493 e. The molecule has 5 heteroatoms. The van der Waals surface area contributed by atoms with Crippen LogP contribution in [0.25, 0.3) is 0 Å². The molecule has 0 aliphatic rings. The molecule has 1 N–H and O–H groups in total. The summed E-state index contributed by atoms with van der Waals surface area (Å²) in [6.45, 7) is 7.67. The standard InChI is InChI=1S/C16H22N2O2S/c1-16(2,3)18-8-12-6-5-7-14(19-4)15(12)20-10-13-9-17-11-21-13/h5-7,9,11,18H,8,10H2,1-4H3. The quantitative estimate of drug-likeness (QED) is 0.885. The molecule has 21 heavy (non-hydrogen) atoms. The Hall–Kier alpha value is -1.59. The fourth-order valence-corrected chi connectivity index (χ4v) is 2.35. The van der Waals surface area contributed by atoms with Gasteiger partial charge in [0.1, 0.15) is 6.61 Å². The predicted molar refractivity (Wildman–Crippen MR) is 86.0 cm³/mol. The molecule has 0 aliphatic carbocycles. The number of ether oxygens (including phenoxy) is 2. The summed E-state index contributed by atoms with van der Waals surface area (Å²) in [4.78, 5) is 5.16. The third-order valence-corrected chi connectivity index (χ3v) is 3.68. The highest BCUT2D eigenvalue weighted by Gasteiger charge is 2.14. The molecule has 0 spiro atoms. The molecule has 0 unspecified atom stereocenters. The molecular weight excluding hydrogens is 284 g/mol. The summed E-state index contributed by atoms with van der Waals surface area (Å²) >= 11 is 1.59. The molecule has 0 saturated carbocycles. The van der Waals surface area contributed by atoms with E-state index in [4.69, 9.17) is 9.47 Å². The van der Waals surface area contributed by atoms with Gasteiger partial charge >= 0.3 is 0 Å². The van der Waals surface area contributed by atoms with Crippen molar-refractivity contribution in [1.82, 2.24) is 10.3 Å². The predicted octanol–water partition coefficient (Wildman–Crippen LogP) is 3.62. The number of aromatic nitrogens is 1. The first-order chi connectivity index (χ1) is 9.99. The summed E-state index contributed by atoms with van der Waals surface area (Å²) in [5.41, 5.74) is 2.95. The van der Waals surface area contributed by atoms with Crippen LogP contribution in [0.1, 0.15) is 31.2 Å². The van der Waals surface area contributed by atoms with Crippen molar-refractivity contribution in [2.75, 3.05) is 7.11 Å². The Balaban J connectivity index is 2.15. The average molecular weight is 306 g/mol. The van der Waals surface area contributed by atoms with Gasteiger partial charge in [0.15, 0.2) is 11.5 Å². The number of rotatable bonds is 6. The SMILES string of the molecule is COc1cccc(CNC(C)(C)C)c1OCc1cncs1. The fourth-order valence-electron chi connectivity index (χ4n) is 1.84. The van der Waals surface area contributed by atoms with E-state index in [0.29, 0.717) is 6.61 Å². The molecule has 0 bridgehead atoms. The van der Waals surface area contributed by atoms with E-state index in [0.717, 1.165) is 28.5 Å². The van der Waals surface area contributed by atoms with Gasteiger partial charge in [0.05, 0.1) is 17.5 Å². The van der Waals surface area contributed by atoms with Crippen LogP contribution in [0.3, 0.4) is 0 Å². The highest BCUT2D eigenvalue weighted by Crippen LogP contribution is 2.32. The Labute approximate surface area is 130 Å². The number of para-hydroxylation sites is 1. The lowest BCUT2D eigenvalue weighted by Gasteiger charge is -2.22. The van der Waals surface area contributed by atoms with Crippen LogP contribution in [0.5, 0.6) is 11.5 Å². The smallest absolute Gasteiger partial charge is 0.166 e. The van der Waals surface area contributed by atoms with Crippen molar-refractivity contribution in [3.63, 3.8) is 0 Å². The minimum absolute atomic E-state index is 0.0536. The summed E-state index contributed by atoms with van der Waals surface area (Å²) in [5, 5.41) is 3.48. The molecule has 0 amide bonds. The van der Waals surface area contributed by atoms with Crippen LogP contribution in [0, 0.1) is 0 Å². The molecule has 4 nitrogen and oxygen atoms in total. The minimum atomic E-state index is 0.0536. The number of nitrogens with zero attached hydrogens (tertiary/aromatic N) is 1. The van der Waals surface area contributed by atoms with E-state index in [1.807, 2.05) is 23.8 Å². The summed E-state index contributed by atoms with van der Waals surface area (Å²) in [6, 6.07) is 5.96. The van der Waals surface area contributed by atoms with Crippen LogP contribution in [0.15, 0.2) is 29.9 Å². The van der Waals surface area contributed by atoms with Gasteiger partial charge in [-0.25, -0.2) is 0 Å². The Bertz CT molecular complexity index is 562. The summed E-state index contributed by atoms with van der Waals surface area (Å²) in [6.07, 6.45) is 1.83. The third kappa shape index (κ3) is 4.72. The molecule has 2 aromatic rings. The third-order valence-electron chi connectivity index (χ3n) is 2.93. The van der Waals surface area contributed by atoms with Crippen molar-refractivity contribution < 1.29 is 9.47 Å². The highest BCUT2D eigenvalue weighted by molar-refractivity contribution is 7.09. The normalized spacial score (nSPS) is 11.4. The number of hydrogen-bond acceptors (Lipinski definition) is 5. The zero-order valence-corrected chi connectivity index (χ0v) is 13.8. The van der Waals surface area contributed by atoms with Gasteiger partial charge in [-0.3, -0.25) is 4.98 Å². The van der Waals surface area contributed by atoms with Gasteiger partial charge in [-0.15, -0.1) is 11.3 Å². The summed E-state index contributed by atoms with van der Waals surface area (Å²) in [7, 11) is 1.66. The van der Waals surface area contributed by atoms with Crippen molar-refractivity contribution in [1.29, 1.82) is 0 Å². The Morgan fingerprint density at radius 3 is 2.71 bits per heavy atom. The van der Waals surface area contributed by atoms with Crippen LogP contribution in [-0.2, 0) is 13.2 Å². The fraction of sp³-hybridized carbons (Fsp3) is 0.438. The average Bonchev–Trinajstić information content (AvgIpc) is 2.95. The van der Waals surface area contributed by atoms with Crippen LogP contribution in [0.2, 0.25) is 0 Å². The molecule has 0 fully saturated rings. The van der Waals surface area contributed by atoms with Gasteiger partial charge in [0.25, 0.3) is 0 Å². The van der Waals surface area contributed by atoms with E-state index < -0.39 is 0 Å². The van der Waals surface area contributed by atoms with Crippen molar-refractivity contribution in [3.8, 4) is 11.5 Å². The number of benzene rings is 1. The Morgan fingerprint density at radius 2 is 2.10 bits per heavy atom. The van der Waals surface area contributed by atoms with Crippen LogP contribution in [0.4, 0.5) is 0 Å². The minimum Gasteiger partial charge on any atom is -0.493 e. The van der Waals surface area contributed by atoms with Crippen molar-refractivity contribution in [2.24, 2.45) is 0 Å². The number of nitrogens with one attached hydrogen (secondary N) is 1. The zero-order chi connectivity index (χ0) is 15.3. The van der Waals surface area contributed by atoms with Gasteiger partial charge in [-0.05, 0) is 26.8 Å². The molecule has 0 aliphatic heterocycles. The Kier molecular flexibility index (Phi) is 5.20. The van der Waals surface area contributed by atoms with Crippen LogP contribution >= 0.6 is 11.3 Å². The molecule has 2 rings (SSSR count). The van der Waals surface area contributed by atoms with Gasteiger partial charge in [-0.2, -0.15) is 0 Å². The lowest BCUT2D eigenvalue weighted by molar-refractivity contribution is 0.281. The summed E-state index contributed by atoms with van der Waals surface area (Å²) in [5.74, 6) is 1.55. The van der Waals surface area contributed by atoms with Gasteiger partial charge in [0, 0.05) is 23.8 Å². The van der Waals surface area contributed by atoms with Crippen LogP contribution < -0.4 is 14.8 Å². The lowest BCUT2D eigenvalue weighted by atomic mass is 10.1. The van der Waals surface area contributed by atoms with Crippen molar-refractivity contribution in [3.05, 3.63) is 40.3 Å². The van der Waals surface area contributed by atoms with Crippen molar-refractivity contribution >= 4 is 11.3 Å². The molecule has 114 valence electrons. The van der Waals surface area contributed by atoms with Gasteiger partial charge < -0.3 is 14.8 Å². The van der Waals surface area contributed by atoms with E-state index in [1.165, 1.54) is 0 Å². The topological polar surface area (TPSA) is 43.4 Å². The second kappa shape index (κ2) is 6.91. The number of methoxy groups -OCH3 is 1. The molecule has 1 aromatic carbocycles. The molecule has 0 atom stereocenters. The first-order valence-electron chi connectivity index (χ1n) is 6.90. The Morgan fingerprint density at radius 1 is 1.29 bits per heavy atom. The van der Waals surface area contributed by atoms with Crippen molar-refractivity contribution in [2.45, 2.75) is 39.5 Å². The zero-order valence-electron chi connectivity index (χ0n) is 13.0. The maximum Gasteiger partial charge on any atom is 0.166 e. The van der Waals surface area contributed by atoms with E-state index in [2.05, 4.69) is 37.1 Å².